The lowest BCUT2D eigenvalue weighted by Crippen LogP contribution is -2.09. The maximum Gasteiger partial charge on any atom is 0.417 e. The van der Waals surface area contributed by atoms with Crippen molar-refractivity contribution in [3.63, 3.8) is 0 Å². The van der Waals surface area contributed by atoms with Gasteiger partial charge in [-0.3, -0.25) is 9.78 Å². The average Bonchev–Trinajstić information content (AvgIpc) is 2.40. The van der Waals surface area contributed by atoms with Gasteiger partial charge in [0.15, 0.2) is 11.6 Å². The van der Waals surface area contributed by atoms with Crippen molar-refractivity contribution >= 4 is 5.78 Å². The number of nitrogens with zero attached hydrogens (tertiary/aromatic N) is 1. The number of rotatable bonds is 2. The molecule has 7 heteroatoms. The zero-order valence-corrected chi connectivity index (χ0v) is 9.71. The summed E-state index contributed by atoms with van der Waals surface area (Å²) in [6.45, 7) is 0. The van der Waals surface area contributed by atoms with Gasteiger partial charge < -0.3 is 0 Å². The van der Waals surface area contributed by atoms with Crippen LogP contribution in [0.25, 0.3) is 0 Å². The van der Waals surface area contributed by atoms with Crippen molar-refractivity contribution in [3.05, 3.63) is 65.0 Å². The van der Waals surface area contributed by atoms with Crippen LogP contribution in [-0.2, 0) is 6.18 Å². The van der Waals surface area contributed by atoms with Gasteiger partial charge in [-0.2, -0.15) is 13.2 Å². The third kappa shape index (κ3) is 2.81. The Labute approximate surface area is 109 Å². The molecule has 2 nitrogen and oxygen atoms in total. The van der Waals surface area contributed by atoms with E-state index in [4.69, 9.17) is 0 Å². The Morgan fingerprint density at radius 1 is 1.00 bits per heavy atom. The van der Waals surface area contributed by atoms with E-state index >= 15 is 0 Å². The highest BCUT2D eigenvalue weighted by atomic mass is 19.4. The summed E-state index contributed by atoms with van der Waals surface area (Å²) in [7, 11) is 0. The van der Waals surface area contributed by atoms with Crippen LogP contribution >= 0.6 is 0 Å². The van der Waals surface area contributed by atoms with E-state index in [1.165, 1.54) is 0 Å². The van der Waals surface area contributed by atoms with E-state index in [1.54, 1.807) is 0 Å². The summed E-state index contributed by atoms with van der Waals surface area (Å²) >= 11 is 0. The van der Waals surface area contributed by atoms with Crippen LogP contribution in [0.4, 0.5) is 22.0 Å². The Morgan fingerprint density at radius 3 is 2.20 bits per heavy atom. The molecule has 1 aromatic carbocycles. The van der Waals surface area contributed by atoms with Gasteiger partial charge in [-0.05, 0) is 30.3 Å². The number of aromatic nitrogens is 1. The zero-order valence-electron chi connectivity index (χ0n) is 9.71. The maximum absolute atomic E-state index is 13.0. The highest BCUT2D eigenvalue weighted by Gasteiger charge is 2.31. The van der Waals surface area contributed by atoms with E-state index in [-0.39, 0.29) is 11.3 Å². The fourth-order valence-corrected chi connectivity index (χ4v) is 1.48. The monoisotopic (exact) mass is 287 g/mol. The Morgan fingerprint density at radius 2 is 1.70 bits per heavy atom. The quantitative estimate of drug-likeness (QED) is 0.624. The molecule has 20 heavy (non-hydrogen) atoms. The molecule has 0 fully saturated rings. The average molecular weight is 287 g/mol. The Hall–Kier alpha value is -2.31. The molecule has 1 heterocycles. The Bertz CT molecular complexity index is 649. The molecule has 0 N–H and O–H groups in total. The molecule has 2 rings (SSSR count). The summed E-state index contributed by atoms with van der Waals surface area (Å²) < 4.78 is 62.7. The van der Waals surface area contributed by atoms with E-state index in [0.717, 1.165) is 18.2 Å². The van der Waals surface area contributed by atoms with Crippen molar-refractivity contribution in [2.75, 3.05) is 0 Å². The summed E-state index contributed by atoms with van der Waals surface area (Å²) in [4.78, 5) is 15.2. The molecule has 0 saturated heterocycles. The second kappa shape index (κ2) is 4.99. The highest BCUT2D eigenvalue weighted by molar-refractivity contribution is 6.07. The van der Waals surface area contributed by atoms with Gasteiger partial charge in [-0.1, -0.05) is 0 Å². The predicted molar refractivity (Wildman–Crippen MR) is 59.0 cm³/mol. The SMILES string of the molecule is O=C(c1ccc(F)c(F)c1)c1ccc(C(F)(F)F)cn1. The number of carbonyl (C=O) groups excluding carboxylic acids is 1. The lowest BCUT2D eigenvalue weighted by atomic mass is 10.1. The number of hydrogen-bond donors (Lipinski definition) is 0. The second-order valence-electron chi connectivity index (χ2n) is 3.89. The zero-order chi connectivity index (χ0) is 14.9. The van der Waals surface area contributed by atoms with E-state index in [9.17, 15) is 26.7 Å². The largest absolute Gasteiger partial charge is 0.417 e. The van der Waals surface area contributed by atoms with Crippen molar-refractivity contribution < 1.29 is 26.7 Å². The molecule has 0 unspecified atom stereocenters. The first-order valence-corrected chi connectivity index (χ1v) is 5.32. The number of ketones is 1. The minimum atomic E-state index is -4.56. The van der Waals surface area contributed by atoms with Crippen molar-refractivity contribution in [3.8, 4) is 0 Å². The number of hydrogen-bond acceptors (Lipinski definition) is 2. The van der Waals surface area contributed by atoms with Crippen LogP contribution in [0.2, 0.25) is 0 Å². The first-order valence-electron chi connectivity index (χ1n) is 5.32. The van der Waals surface area contributed by atoms with Crippen LogP contribution < -0.4 is 0 Å². The number of carbonyl (C=O) groups is 1. The van der Waals surface area contributed by atoms with Crippen LogP contribution in [-0.4, -0.2) is 10.8 Å². The molecule has 0 aliphatic rings. The molecular formula is C13H6F5NO. The van der Waals surface area contributed by atoms with Gasteiger partial charge in [0.1, 0.15) is 5.69 Å². The standard InChI is InChI=1S/C13H6F5NO/c14-9-3-1-7(5-10(9)15)12(20)11-4-2-8(6-19-11)13(16,17)18/h1-6H. The van der Waals surface area contributed by atoms with E-state index in [0.29, 0.717) is 18.3 Å². The Kier molecular flexibility index (Phi) is 3.52. The molecule has 0 atom stereocenters. The lowest BCUT2D eigenvalue weighted by molar-refractivity contribution is -0.137. The van der Waals surface area contributed by atoms with Gasteiger partial charge in [0, 0.05) is 11.8 Å². The molecule has 0 spiro atoms. The van der Waals surface area contributed by atoms with Crippen LogP contribution in [0.5, 0.6) is 0 Å². The van der Waals surface area contributed by atoms with E-state index < -0.39 is 29.2 Å². The lowest BCUT2D eigenvalue weighted by Gasteiger charge is -2.06. The summed E-state index contributed by atoms with van der Waals surface area (Å²) in [5.41, 5.74) is -1.49. The minimum absolute atomic E-state index is 0.198. The fraction of sp³-hybridized carbons (Fsp3) is 0.0769. The second-order valence-corrected chi connectivity index (χ2v) is 3.89. The molecule has 104 valence electrons. The summed E-state index contributed by atoms with van der Waals surface area (Å²) in [6.07, 6.45) is -4.05. The summed E-state index contributed by atoms with van der Waals surface area (Å²) in [5, 5.41) is 0. The van der Waals surface area contributed by atoms with Gasteiger partial charge >= 0.3 is 6.18 Å². The van der Waals surface area contributed by atoms with Crippen molar-refractivity contribution in [1.82, 2.24) is 4.98 Å². The first-order chi connectivity index (χ1) is 9.29. The number of alkyl halides is 3. The van der Waals surface area contributed by atoms with Crippen LogP contribution in [0, 0.1) is 11.6 Å². The van der Waals surface area contributed by atoms with Crippen LogP contribution in [0.15, 0.2) is 36.5 Å². The van der Waals surface area contributed by atoms with E-state index in [1.807, 2.05) is 0 Å². The molecule has 2 aromatic rings. The maximum atomic E-state index is 13.0. The van der Waals surface area contributed by atoms with Crippen LogP contribution in [0.3, 0.4) is 0 Å². The predicted octanol–water partition coefficient (Wildman–Crippen LogP) is 3.61. The molecule has 0 amide bonds. The molecule has 0 saturated carbocycles. The molecule has 1 aromatic heterocycles. The summed E-state index contributed by atoms with van der Waals surface area (Å²) in [6, 6.07) is 4.02. The number of halogens is 5. The number of pyridine rings is 1. The minimum Gasteiger partial charge on any atom is -0.287 e. The normalized spacial score (nSPS) is 11.4. The van der Waals surface area contributed by atoms with Gasteiger partial charge in [0.05, 0.1) is 5.56 Å². The first kappa shape index (κ1) is 14.1. The van der Waals surface area contributed by atoms with Gasteiger partial charge in [-0.25, -0.2) is 8.78 Å². The smallest absolute Gasteiger partial charge is 0.287 e. The summed E-state index contributed by atoms with van der Waals surface area (Å²) in [5.74, 6) is -3.14. The number of benzene rings is 1. The Balaban J connectivity index is 2.31. The molecule has 0 aliphatic carbocycles. The highest BCUT2D eigenvalue weighted by Crippen LogP contribution is 2.28. The topological polar surface area (TPSA) is 30.0 Å². The molecule has 0 bridgehead atoms. The van der Waals surface area contributed by atoms with Crippen molar-refractivity contribution in [2.24, 2.45) is 0 Å². The van der Waals surface area contributed by atoms with Crippen molar-refractivity contribution in [2.45, 2.75) is 6.18 Å². The third-order valence-electron chi connectivity index (χ3n) is 2.51. The fourth-order valence-electron chi connectivity index (χ4n) is 1.48. The molecule has 0 aliphatic heterocycles. The van der Waals surface area contributed by atoms with Gasteiger partial charge in [-0.15, -0.1) is 0 Å². The van der Waals surface area contributed by atoms with Crippen molar-refractivity contribution in [1.29, 1.82) is 0 Å². The molecular weight excluding hydrogens is 281 g/mol. The van der Waals surface area contributed by atoms with Gasteiger partial charge in [0.2, 0.25) is 5.78 Å². The van der Waals surface area contributed by atoms with E-state index in [2.05, 4.69) is 4.98 Å². The van der Waals surface area contributed by atoms with Crippen LogP contribution in [0.1, 0.15) is 21.6 Å². The molecule has 0 radical (unpaired) electrons. The third-order valence-corrected chi connectivity index (χ3v) is 2.51. The van der Waals surface area contributed by atoms with Gasteiger partial charge in [0.25, 0.3) is 0 Å².